The number of hydrogen-bond acceptors (Lipinski definition) is 0. The first-order valence-electron chi connectivity index (χ1n) is 5.47. The van der Waals surface area contributed by atoms with E-state index in [1.54, 1.807) is 6.07 Å². The number of rotatable bonds is 3. The summed E-state index contributed by atoms with van der Waals surface area (Å²) in [5.74, 6) is 0.0612. The minimum atomic E-state index is -0.264. The molecular formula is C15H11Cl2F. The molecule has 18 heavy (non-hydrogen) atoms. The van der Waals surface area contributed by atoms with Crippen molar-refractivity contribution >= 4 is 34.9 Å². The molecule has 92 valence electrons. The summed E-state index contributed by atoms with van der Waals surface area (Å²) >= 11 is 11.7. The lowest BCUT2D eigenvalue weighted by Gasteiger charge is -2.05. The van der Waals surface area contributed by atoms with E-state index in [-0.39, 0.29) is 5.82 Å². The first-order chi connectivity index (χ1) is 8.69. The molecule has 0 aromatic heterocycles. The maximum Gasteiger partial charge on any atom is 0.123 e. The summed E-state index contributed by atoms with van der Waals surface area (Å²) in [7, 11) is 0. The number of allylic oxidation sites excluding steroid dienone is 1. The Hall–Kier alpha value is -1.31. The SMILES string of the molecule is Fc1cccc(C(=Cc2ccc(Cl)cc2)CCl)c1. The zero-order valence-corrected chi connectivity index (χ0v) is 11.0. The molecule has 0 atom stereocenters. The fourth-order valence-electron chi connectivity index (χ4n) is 1.65. The van der Waals surface area contributed by atoms with Crippen LogP contribution in [0.15, 0.2) is 48.5 Å². The maximum atomic E-state index is 13.2. The molecule has 0 nitrogen and oxygen atoms in total. The van der Waals surface area contributed by atoms with E-state index in [1.165, 1.54) is 12.1 Å². The molecule has 3 heteroatoms. The molecule has 0 spiro atoms. The highest BCUT2D eigenvalue weighted by Crippen LogP contribution is 2.21. The van der Waals surface area contributed by atoms with Gasteiger partial charge >= 0.3 is 0 Å². The van der Waals surface area contributed by atoms with Crippen LogP contribution in [0.5, 0.6) is 0 Å². The molecule has 2 aromatic rings. The molecule has 0 heterocycles. The number of benzene rings is 2. The van der Waals surface area contributed by atoms with Crippen molar-refractivity contribution in [2.45, 2.75) is 0 Å². The minimum Gasteiger partial charge on any atom is -0.207 e. The van der Waals surface area contributed by atoms with Gasteiger partial charge in [0.25, 0.3) is 0 Å². The van der Waals surface area contributed by atoms with Crippen molar-refractivity contribution in [2.75, 3.05) is 5.88 Å². The van der Waals surface area contributed by atoms with Gasteiger partial charge < -0.3 is 0 Å². The van der Waals surface area contributed by atoms with Gasteiger partial charge in [0.2, 0.25) is 0 Å². The highest BCUT2D eigenvalue weighted by Gasteiger charge is 2.02. The van der Waals surface area contributed by atoms with Crippen molar-refractivity contribution in [3.05, 3.63) is 70.5 Å². The lowest BCUT2D eigenvalue weighted by atomic mass is 10.0. The molecule has 0 radical (unpaired) electrons. The van der Waals surface area contributed by atoms with E-state index in [9.17, 15) is 4.39 Å². The lowest BCUT2D eigenvalue weighted by molar-refractivity contribution is 0.627. The van der Waals surface area contributed by atoms with Gasteiger partial charge in [0.05, 0.1) is 0 Å². The summed E-state index contributed by atoms with van der Waals surface area (Å²) < 4.78 is 13.2. The van der Waals surface area contributed by atoms with Gasteiger partial charge in [0.1, 0.15) is 5.82 Å². The van der Waals surface area contributed by atoms with Crippen LogP contribution in [0.1, 0.15) is 11.1 Å². The fraction of sp³-hybridized carbons (Fsp3) is 0.0667. The van der Waals surface area contributed by atoms with Crippen LogP contribution in [-0.2, 0) is 0 Å². The summed E-state index contributed by atoms with van der Waals surface area (Å²) in [6, 6.07) is 13.8. The maximum absolute atomic E-state index is 13.2. The van der Waals surface area contributed by atoms with Crippen LogP contribution in [0.2, 0.25) is 5.02 Å². The van der Waals surface area contributed by atoms with Gasteiger partial charge in [-0.1, -0.05) is 35.9 Å². The number of hydrogen-bond donors (Lipinski definition) is 0. The highest BCUT2D eigenvalue weighted by molar-refractivity contribution is 6.30. The van der Waals surface area contributed by atoms with E-state index in [2.05, 4.69) is 0 Å². The van der Waals surface area contributed by atoms with Crippen molar-refractivity contribution in [3.8, 4) is 0 Å². The van der Waals surface area contributed by atoms with E-state index in [0.717, 1.165) is 16.7 Å². The van der Waals surface area contributed by atoms with Crippen LogP contribution in [0, 0.1) is 5.82 Å². The molecule has 2 aromatic carbocycles. The predicted molar refractivity (Wildman–Crippen MR) is 76.4 cm³/mol. The number of halogens is 3. The third-order valence-corrected chi connectivity index (χ3v) is 3.09. The van der Waals surface area contributed by atoms with Crippen LogP contribution >= 0.6 is 23.2 Å². The molecule has 0 N–H and O–H groups in total. The van der Waals surface area contributed by atoms with Crippen LogP contribution in [0.25, 0.3) is 11.6 Å². The topological polar surface area (TPSA) is 0 Å². The van der Waals surface area contributed by atoms with E-state index >= 15 is 0 Å². The minimum absolute atomic E-state index is 0.264. The molecule has 0 saturated carbocycles. The fourth-order valence-corrected chi connectivity index (χ4v) is 2.00. The van der Waals surface area contributed by atoms with Crippen LogP contribution in [-0.4, -0.2) is 5.88 Å². The van der Waals surface area contributed by atoms with Gasteiger partial charge in [-0.2, -0.15) is 0 Å². The second-order valence-electron chi connectivity index (χ2n) is 3.87. The Bertz CT molecular complexity index is 559. The Morgan fingerprint density at radius 2 is 1.83 bits per heavy atom. The van der Waals surface area contributed by atoms with E-state index in [1.807, 2.05) is 36.4 Å². The Morgan fingerprint density at radius 1 is 1.11 bits per heavy atom. The van der Waals surface area contributed by atoms with Gasteiger partial charge in [0.15, 0.2) is 0 Å². The Kier molecular flexibility index (Phi) is 4.40. The summed E-state index contributed by atoms with van der Waals surface area (Å²) in [5, 5.41) is 0.685. The summed E-state index contributed by atoms with van der Waals surface area (Å²) in [6.07, 6.45) is 1.93. The largest absolute Gasteiger partial charge is 0.207 e. The Morgan fingerprint density at radius 3 is 2.44 bits per heavy atom. The van der Waals surface area contributed by atoms with Crippen LogP contribution < -0.4 is 0 Å². The van der Waals surface area contributed by atoms with Crippen LogP contribution in [0.3, 0.4) is 0 Å². The normalized spacial score (nSPS) is 11.6. The van der Waals surface area contributed by atoms with E-state index in [4.69, 9.17) is 23.2 Å². The Labute approximate surface area is 116 Å². The van der Waals surface area contributed by atoms with E-state index in [0.29, 0.717) is 10.9 Å². The predicted octanol–water partition coefficient (Wildman–Crippen LogP) is 5.26. The van der Waals surface area contributed by atoms with Crippen molar-refractivity contribution in [1.82, 2.24) is 0 Å². The number of alkyl halides is 1. The van der Waals surface area contributed by atoms with Gasteiger partial charge in [-0.05, 0) is 47.0 Å². The average molecular weight is 281 g/mol. The second kappa shape index (κ2) is 6.03. The van der Waals surface area contributed by atoms with Crippen molar-refractivity contribution in [2.24, 2.45) is 0 Å². The molecule has 0 saturated heterocycles. The van der Waals surface area contributed by atoms with Gasteiger partial charge in [0, 0.05) is 10.9 Å². The summed E-state index contributed by atoms with van der Waals surface area (Å²) in [4.78, 5) is 0. The van der Waals surface area contributed by atoms with Crippen molar-refractivity contribution < 1.29 is 4.39 Å². The highest BCUT2D eigenvalue weighted by atomic mass is 35.5. The third-order valence-electron chi connectivity index (χ3n) is 2.55. The molecular weight excluding hydrogens is 270 g/mol. The summed E-state index contributed by atoms with van der Waals surface area (Å²) in [5.41, 5.74) is 2.65. The lowest BCUT2D eigenvalue weighted by Crippen LogP contribution is -1.87. The smallest absolute Gasteiger partial charge is 0.123 e. The Balaban J connectivity index is 2.36. The first-order valence-corrected chi connectivity index (χ1v) is 6.38. The molecule has 2 rings (SSSR count). The molecule has 0 amide bonds. The zero-order valence-electron chi connectivity index (χ0n) is 9.54. The monoisotopic (exact) mass is 280 g/mol. The standard InChI is InChI=1S/C15H11Cl2F/c16-10-13(12-2-1-3-15(18)9-12)8-11-4-6-14(17)7-5-11/h1-9H,10H2. The molecule has 0 fully saturated rings. The molecule has 0 aliphatic rings. The van der Waals surface area contributed by atoms with Crippen molar-refractivity contribution in [3.63, 3.8) is 0 Å². The van der Waals surface area contributed by atoms with E-state index < -0.39 is 0 Å². The zero-order chi connectivity index (χ0) is 13.0. The summed E-state index contributed by atoms with van der Waals surface area (Å²) in [6.45, 7) is 0. The van der Waals surface area contributed by atoms with Gasteiger partial charge in [-0.3, -0.25) is 0 Å². The van der Waals surface area contributed by atoms with Crippen molar-refractivity contribution in [1.29, 1.82) is 0 Å². The molecule has 0 aliphatic heterocycles. The average Bonchev–Trinajstić information content (AvgIpc) is 2.38. The van der Waals surface area contributed by atoms with Crippen LogP contribution in [0.4, 0.5) is 4.39 Å². The quantitative estimate of drug-likeness (QED) is 0.532. The second-order valence-corrected chi connectivity index (χ2v) is 4.57. The first kappa shape index (κ1) is 13.1. The molecule has 0 bridgehead atoms. The molecule has 0 unspecified atom stereocenters. The van der Waals surface area contributed by atoms with Gasteiger partial charge in [-0.25, -0.2) is 4.39 Å². The third kappa shape index (κ3) is 3.34. The van der Waals surface area contributed by atoms with Gasteiger partial charge in [-0.15, -0.1) is 11.6 Å². The molecule has 0 aliphatic carbocycles.